The van der Waals surface area contributed by atoms with Crippen molar-refractivity contribution in [2.75, 3.05) is 13.2 Å². The van der Waals surface area contributed by atoms with Gasteiger partial charge < -0.3 is 14.2 Å². The molecule has 6 heteroatoms. The average Bonchev–Trinajstić information content (AvgIpc) is 3.15. The summed E-state index contributed by atoms with van der Waals surface area (Å²) < 4.78 is 16.7. The van der Waals surface area contributed by atoms with Gasteiger partial charge in [-0.25, -0.2) is 0 Å². The Balaban J connectivity index is 4.20. The SMILES string of the molecule is CCCCCCCCCCCCCCCCCC(=O)OC[C@@H](COC(=O)CCCCCCCCCCCCCCC)OC(=O)CCCCCCCCC. The third kappa shape index (κ3) is 41.4. The van der Waals surface area contributed by atoms with Crippen LogP contribution in [0.15, 0.2) is 0 Å². The molecule has 0 aromatic rings. The Labute approximate surface area is 329 Å². The molecule has 0 aromatic heterocycles. The number of ether oxygens (including phenoxy) is 3. The van der Waals surface area contributed by atoms with Crippen LogP contribution in [0.2, 0.25) is 0 Å². The van der Waals surface area contributed by atoms with E-state index in [2.05, 4.69) is 20.8 Å². The van der Waals surface area contributed by atoms with Gasteiger partial charge in [0.15, 0.2) is 6.10 Å². The van der Waals surface area contributed by atoms with E-state index < -0.39 is 6.10 Å². The summed E-state index contributed by atoms with van der Waals surface area (Å²) in [6, 6.07) is 0. The van der Waals surface area contributed by atoms with E-state index in [1.54, 1.807) is 0 Å². The Kier molecular flexibility index (Phi) is 41.8. The van der Waals surface area contributed by atoms with Gasteiger partial charge >= 0.3 is 17.9 Å². The molecular weight excluding hydrogens is 661 g/mol. The van der Waals surface area contributed by atoms with Crippen molar-refractivity contribution in [1.29, 1.82) is 0 Å². The minimum absolute atomic E-state index is 0.0631. The third-order valence-electron chi connectivity index (χ3n) is 10.6. The molecule has 0 heterocycles. The molecule has 0 aliphatic rings. The van der Waals surface area contributed by atoms with E-state index in [1.807, 2.05) is 0 Å². The first kappa shape index (κ1) is 51.4. The van der Waals surface area contributed by atoms with Gasteiger partial charge in [-0.2, -0.15) is 0 Å². The second-order valence-electron chi connectivity index (χ2n) is 16.0. The van der Waals surface area contributed by atoms with Crippen molar-refractivity contribution in [3.8, 4) is 0 Å². The fourth-order valence-corrected chi connectivity index (χ4v) is 7.03. The molecule has 0 saturated heterocycles. The fourth-order valence-electron chi connectivity index (χ4n) is 7.03. The Morgan fingerprint density at radius 1 is 0.302 bits per heavy atom. The van der Waals surface area contributed by atoms with Crippen LogP contribution < -0.4 is 0 Å². The zero-order valence-corrected chi connectivity index (χ0v) is 35.8. The minimum Gasteiger partial charge on any atom is -0.462 e. The van der Waals surface area contributed by atoms with Gasteiger partial charge in [0.1, 0.15) is 13.2 Å². The number of rotatable bonds is 43. The number of carbonyl (C=O) groups excluding carboxylic acids is 3. The Hall–Kier alpha value is -1.59. The highest BCUT2D eigenvalue weighted by atomic mass is 16.6. The molecule has 0 fully saturated rings. The summed E-state index contributed by atoms with van der Waals surface area (Å²) in [5, 5.41) is 0. The molecule has 0 aliphatic heterocycles. The van der Waals surface area contributed by atoms with Crippen molar-refractivity contribution >= 4 is 17.9 Å². The lowest BCUT2D eigenvalue weighted by Crippen LogP contribution is -2.30. The number of hydrogen-bond donors (Lipinski definition) is 0. The summed E-state index contributed by atoms with van der Waals surface area (Å²) in [5.74, 6) is -0.856. The highest BCUT2D eigenvalue weighted by molar-refractivity contribution is 5.71. The lowest BCUT2D eigenvalue weighted by Gasteiger charge is -2.18. The summed E-state index contributed by atoms with van der Waals surface area (Å²) in [7, 11) is 0. The zero-order chi connectivity index (χ0) is 38.7. The zero-order valence-electron chi connectivity index (χ0n) is 35.8. The average molecular weight is 751 g/mol. The van der Waals surface area contributed by atoms with E-state index in [0.717, 1.165) is 57.8 Å². The van der Waals surface area contributed by atoms with E-state index in [9.17, 15) is 14.4 Å². The second kappa shape index (κ2) is 43.1. The van der Waals surface area contributed by atoms with Crippen LogP contribution in [0.4, 0.5) is 0 Å². The van der Waals surface area contributed by atoms with E-state index in [-0.39, 0.29) is 31.1 Å². The van der Waals surface area contributed by atoms with Gasteiger partial charge in [0.2, 0.25) is 0 Å². The highest BCUT2D eigenvalue weighted by Gasteiger charge is 2.19. The van der Waals surface area contributed by atoms with E-state index in [1.165, 1.54) is 167 Å². The van der Waals surface area contributed by atoms with Gasteiger partial charge in [0, 0.05) is 19.3 Å². The van der Waals surface area contributed by atoms with E-state index in [4.69, 9.17) is 14.2 Å². The molecular formula is C47H90O6. The minimum atomic E-state index is -0.757. The van der Waals surface area contributed by atoms with Crippen molar-refractivity contribution < 1.29 is 28.6 Å². The number of esters is 3. The molecule has 0 saturated carbocycles. The predicted molar refractivity (Wildman–Crippen MR) is 224 cm³/mol. The Morgan fingerprint density at radius 2 is 0.509 bits per heavy atom. The van der Waals surface area contributed by atoms with Crippen molar-refractivity contribution in [3.63, 3.8) is 0 Å². The first-order valence-corrected chi connectivity index (χ1v) is 23.5. The monoisotopic (exact) mass is 751 g/mol. The number of hydrogen-bond acceptors (Lipinski definition) is 6. The lowest BCUT2D eigenvalue weighted by molar-refractivity contribution is -0.167. The molecule has 53 heavy (non-hydrogen) atoms. The normalized spacial score (nSPS) is 11.8. The van der Waals surface area contributed by atoms with Gasteiger partial charge in [-0.3, -0.25) is 14.4 Å². The van der Waals surface area contributed by atoms with Crippen LogP contribution in [0, 0.1) is 0 Å². The molecule has 0 rings (SSSR count). The van der Waals surface area contributed by atoms with Gasteiger partial charge in [-0.05, 0) is 19.3 Å². The van der Waals surface area contributed by atoms with Crippen LogP contribution in [-0.4, -0.2) is 37.2 Å². The number of carbonyl (C=O) groups is 3. The summed E-state index contributed by atoms with van der Waals surface area (Å²) in [5.41, 5.74) is 0. The first-order valence-electron chi connectivity index (χ1n) is 23.5. The number of unbranched alkanes of at least 4 members (excludes halogenated alkanes) is 32. The summed E-state index contributed by atoms with van der Waals surface area (Å²) in [4.78, 5) is 37.6. The standard InChI is InChI=1S/C47H90O6/c1-4-7-10-13-16-18-20-22-23-25-27-29-32-34-37-40-46(49)52-43-44(53-47(50)41-38-35-30-15-12-9-6-3)42-51-45(48)39-36-33-31-28-26-24-21-19-17-14-11-8-5-2/h44H,4-43H2,1-3H3/t44-/m1/s1. The van der Waals surface area contributed by atoms with Gasteiger partial charge in [0.25, 0.3) is 0 Å². The topological polar surface area (TPSA) is 78.9 Å². The summed E-state index contributed by atoms with van der Waals surface area (Å²) in [6.45, 7) is 6.62. The maximum Gasteiger partial charge on any atom is 0.306 e. The second-order valence-corrected chi connectivity index (χ2v) is 16.0. The molecule has 6 nitrogen and oxygen atoms in total. The quantitative estimate of drug-likeness (QED) is 0.0351. The highest BCUT2D eigenvalue weighted by Crippen LogP contribution is 2.16. The summed E-state index contributed by atoms with van der Waals surface area (Å²) >= 11 is 0. The molecule has 0 unspecified atom stereocenters. The maximum absolute atomic E-state index is 12.6. The molecule has 0 spiro atoms. The van der Waals surface area contributed by atoms with E-state index >= 15 is 0 Å². The molecule has 0 amide bonds. The predicted octanol–water partition coefficient (Wildman–Crippen LogP) is 14.9. The van der Waals surface area contributed by atoms with Crippen LogP contribution in [0.5, 0.6) is 0 Å². The van der Waals surface area contributed by atoms with Crippen LogP contribution >= 0.6 is 0 Å². The van der Waals surface area contributed by atoms with Gasteiger partial charge in [0.05, 0.1) is 0 Å². The van der Waals surface area contributed by atoms with Crippen LogP contribution in [0.25, 0.3) is 0 Å². The van der Waals surface area contributed by atoms with Crippen LogP contribution in [0.1, 0.15) is 265 Å². The maximum atomic E-state index is 12.6. The molecule has 1 atom stereocenters. The molecule has 314 valence electrons. The first-order chi connectivity index (χ1) is 26.0. The third-order valence-corrected chi connectivity index (χ3v) is 10.6. The molecule has 0 aliphatic carbocycles. The van der Waals surface area contributed by atoms with Crippen molar-refractivity contribution in [2.24, 2.45) is 0 Å². The fraction of sp³-hybridized carbons (Fsp3) is 0.936. The largest absolute Gasteiger partial charge is 0.462 e. The van der Waals surface area contributed by atoms with Crippen molar-refractivity contribution in [1.82, 2.24) is 0 Å². The summed E-state index contributed by atoms with van der Waals surface area (Å²) in [6.07, 6.45) is 43.8. The lowest BCUT2D eigenvalue weighted by atomic mass is 10.0. The smallest absolute Gasteiger partial charge is 0.306 e. The Morgan fingerprint density at radius 3 is 0.755 bits per heavy atom. The van der Waals surface area contributed by atoms with Crippen LogP contribution in [-0.2, 0) is 28.6 Å². The van der Waals surface area contributed by atoms with E-state index in [0.29, 0.717) is 19.3 Å². The molecule has 0 N–H and O–H groups in total. The molecule has 0 radical (unpaired) electrons. The Bertz CT molecular complexity index is 783. The molecule has 0 bridgehead atoms. The van der Waals surface area contributed by atoms with Gasteiger partial charge in [-0.15, -0.1) is 0 Å². The van der Waals surface area contributed by atoms with Crippen molar-refractivity contribution in [3.05, 3.63) is 0 Å². The molecule has 0 aromatic carbocycles. The van der Waals surface area contributed by atoms with Gasteiger partial charge in [-0.1, -0.05) is 226 Å². The van der Waals surface area contributed by atoms with Crippen molar-refractivity contribution in [2.45, 2.75) is 271 Å². The van der Waals surface area contributed by atoms with Crippen LogP contribution in [0.3, 0.4) is 0 Å².